The number of nitrogens with zero attached hydrogens (tertiary/aromatic N) is 1. The predicted molar refractivity (Wildman–Crippen MR) is 121 cm³/mol. The Bertz CT molecular complexity index is 1050. The fourth-order valence-electron chi connectivity index (χ4n) is 3.94. The van der Waals surface area contributed by atoms with E-state index in [2.05, 4.69) is 11.4 Å². The highest BCUT2D eigenvalue weighted by molar-refractivity contribution is 6.03. The minimum Gasteiger partial charge on any atom is -0.494 e. The third-order valence-corrected chi connectivity index (χ3v) is 5.46. The van der Waals surface area contributed by atoms with Gasteiger partial charge in [-0.1, -0.05) is 48.5 Å². The highest BCUT2D eigenvalue weighted by Gasteiger charge is 2.31. The Balaban J connectivity index is 1.61. The van der Waals surface area contributed by atoms with Crippen LogP contribution in [0.1, 0.15) is 40.9 Å². The monoisotopic (exact) mass is 414 g/mol. The molecule has 1 aliphatic heterocycles. The first-order valence-corrected chi connectivity index (χ1v) is 10.7. The van der Waals surface area contributed by atoms with Gasteiger partial charge in [0.25, 0.3) is 11.8 Å². The van der Waals surface area contributed by atoms with E-state index in [0.29, 0.717) is 24.5 Å². The van der Waals surface area contributed by atoms with Gasteiger partial charge in [0.05, 0.1) is 6.61 Å². The summed E-state index contributed by atoms with van der Waals surface area (Å²) in [5.41, 5.74) is 3.33. The molecule has 0 radical (unpaired) electrons. The summed E-state index contributed by atoms with van der Waals surface area (Å²) < 4.78 is 5.45. The molecule has 4 rings (SSSR count). The normalized spacial score (nSPS) is 13.8. The lowest BCUT2D eigenvalue weighted by Gasteiger charge is -2.32. The first-order chi connectivity index (χ1) is 15.2. The van der Waals surface area contributed by atoms with Gasteiger partial charge in [-0.05, 0) is 61.2 Å². The van der Waals surface area contributed by atoms with Crippen LogP contribution in [0.15, 0.2) is 78.9 Å². The first-order valence-electron chi connectivity index (χ1n) is 10.7. The Morgan fingerprint density at radius 1 is 0.968 bits per heavy atom. The van der Waals surface area contributed by atoms with Crippen LogP contribution in [0, 0.1) is 0 Å². The number of amides is 2. The molecule has 5 nitrogen and oxygen atoms in total. The van der Waals surface area contributed by atoms with Crippen molar-refractivity contribution < 1.29 is 14.3 Å². The molecule has 1 aliphatic rings. The number of carbonyl (C=O) groups excluding carboxylic acids is 2. The predicted octanol–water partition coefficient (Wildman–Crippen LogP) is 4.54. The molecule has 1 unspecified atom stereocenters. The minimum absolute atomic E-state index is 0.127. The molecule has 0 saturated carbocycles. The van der Waals surface area contributed by atoms with Crippen molar-refractivity contribution in [1.29, 1.82) is 0 Å². The molecule has 1 N–H and O–H groups in total. The van der Waals surface area contributed by atoms with Crippen molar-refractivity contribution in [3.05, 3.63) is 95.6 Å². The second kappa shape index (κ2) is 9.47. The number of carbonyl (C=O) groups is 2. The summed E-state index contributed by atoms with van der Waals surface area (Å²) in [6.07, 6.45) is 1.85. The molecule has 0 aromatic heterocycles. The molecule has 31 heavy (non-hydrogen) atoms. The zero-order chi connectivity index (χ0) is 21.6. The molecule has 158 valence electrons. The molecular weight excluding hydrogens is 388 g/mol. The van der Waals surface area contributed by atoms with Crippen LogP contribution < -0.4 is 15.0 Å². The second-order valence-corrected chi connectivity index (χ2v) is 7.50. The standard InChI is InChI=1S/C26H26N2O3/c1-2-31-22-16-14-21(15-17-22)25(29)27-24(20-10-4-3-5-11-20)26(30)28-18-8-12-19-9-6-7-13-23(19)28/h3-7,9-11,13-17,24H,2,8,12,18H2,1H3,(H,27,29). The Hall–Kier alpha value is -3.60. The van der Waals surface area contributed by atoms with Crippen molar-refractivity contribution in [3.63, 3.8) is 0 Å². The summed E-state index contributed by atoms with van der Waals surface area (Å²) in [6, 6.07) is 23.5. The molecule has 0 fully saturated rings. The average Bonchev–Trinajstić information content (AvgIpc) is 2.83. The van der Waals surface area contributed by atoms with Gasteiger partial charge in [-0.2, -0.15) is 0 Å². The summed E-state index contributed by atoms with van der Waals surface area (Å²) in [6.45, 7) is 3.11. The summed E-state index contributed by atoms with van der Waals surface area (Å²) in [5.74, 6) is 0.285. The number of anilines is 1. The molecule has 3 aromatic carbocycles. The summed E-state index contributed by atoms with van der Waals surface area (Å²) in [4.78, 5) is 28.5. The number of hydrogen-bond donors (Lipinski definition) is 1. The van der Waals surface area contributed by atoms with E-state index in [4.69, 9.17) is 4.74 Å². The maximum Gasteiger partial charge on any atom is 0.254 e. The van der Waals surface area contributed by atoms with E-state index in [1.165, 1.54) is 0 Å². The number of para-hydroxylation sites is 1. The highest BCUT2D eigenvalue weighted by Crippen LogP contribution is 2.29. The number of ether oxygens (including phenoxy) is 1. The molecule has 1 heterocycles. The summed E-state index contributed by atoms with van der Waals surface area (Å²) >= 11 is 0. The molecule has 0 saturated heterocycles. The van der Waals surface area contributed by atoms with Gasteiger partial charge in [0, 0.05) is 17.8 Å². The van der Waals surface area contributed by atoms with Gasteiger partial charge in [-0.3, -0.25) is 9.59 Å². The molecule has 0 bridgehead atoms. The van der Waals surface area contributed by atoms with Crippen molar-refractivity contribution in [2.75, 3.05) is 18.1 Å². The lowest BCUT2D eigenvalue weighted by atomic mass is 9.99. The molecule has 3 aromatic rings. The summed E-state index contributed by atoms with van der Waals surface area (Å²) in [7, 11) is 0. The van der Waals surface area contributed by atoms with E-state index < -0.39 is 6.04 Å². The smallest absolute Gasteiger partial charge is 0.254 e. The fourth-order valence-corrected chi connectivity index (χ4v) is 3.94. The number of fused-ring (bicyclic) bond motifs is 1. The minimum atomic E-state index is -0.772. The quantitative estimate of drug-likeness (QED) is 0.644. The third kappa shape index (κ3) is 4.61. The maximum atomic E-state index is 13.7. The number of aryl methyl sites for hydroxylation is 1. The van der Waals surface area contributed by atoms with Crippen molar-refractivity contribution >= 4 is 17.5 Å². The molecular formula is C26H26N2O3. The number of hydrogen-bond acceptors (Lipinski definition) is 3. The number of nitrogens with one attached hydrogen (secondary N) is 1. The Labute approximate surface area is 182 Å². The number of benzene rings is 3. The largest absolute Gasteiger partial charge is 0.494 e. The zero-order valence-corrected chi connectivity index (χ0v) is 17.6. The topological polar surface area (TPSA) is 58.6 Å². The van der Waals surface area contributed by atoms with Crippen LogP contribution in [0.4, 0.5) is 5.69 Å². The average molecular weight is 415 g/mol. The van der Waals surface area contributed by atoms with Gasteiger partial charge in [-0.25, -0.2) is 0 Å². The van der Waals surface area contributed by atoms with Crippen molar-refractivity contribution in [2.24, 2.45) is 0 Å². The molecule has 1 atom stereocenters. The zero-order valence-electron chi connectivity index (χ0n) is 17.6. The van der Waals surface area contributed by atoms with E-state index in [9.17, 15) is 9.59 Å². The molecule has 5 heteroatoms. The fraction of sp³-hybridized carbons (Fsp3) is 0.231. The van der Waals surface area contributed by atoms with Gasteiger partial charge in [0.2, 0.25) is 0 Å². The SMILES string of the molecule is CCOc1ccc(C(=O)NC(C(=O)N2CCCc3ccccc32)c2ccccc2)cc1. The van der Waals surface area contributed by atoms with Crippen LogP contribution in [-0.2, 0) is 11.2 Å². The van der Waals surface area contributed by atoms with Gasteiger partial charge < -0.3 is 15.0 Å². The molecule has 0 spiro atoms. The number of rotatable bonds is 6. The van der Waals surface area contributed by atoms with Gasteiger partial charge >= 0.3 is 0 Å². The Morgan fingerprint density at radius 2 is 1.68 bits per heavy atom. The van der Waals surface area contributed by atoms with E-state index in [-0.39, 0.29) is 11.8 Å². The van der Waals surface area contributed by atoms with Gasteiger partial charge in [0.1, 0.15) is 11.8 Å². The third-order valence-electron chi connectivity index (χ3n) is 5.46. The van der Waals surface area contributed by atoms with Crippen LogP contribution in [0.5, 0.6) is 5.75 Å². The van der Waals surface area contributed by atoms with Crippen LogP contribution >= 0.6 is 0 Å². The van der Waals surface area contributed by atoms with Gasteiger partial charge in [-0.15, -0.1) is 0 Å². The van der Waals surface area contributed by atoms with Crippen molar-refractivity contribution in [1.82, 2.24) is 5.32 Å². The van der Waals surface area contributed by atoms with Gasteiger partial charge in [0.15, 0.2) is 0 Å². The first kappa shape index (κ1) is 20.7. The van der Waals surface area contributed by atoms with Crippen LogP contribution in [0.2, 0.25) is 0 Å². The second-order valence-electron chi connectivity index (χ2n) is 7.50. The maximum absolute atomic E-state index is 13.7. The highest BCUT2D eigenvalue weighted by atomic mass is 16.5. The Morgan fingerprint density at radius 3 is 2.42 bits per heavy atom. The van der Waals surface area contributed by atoms with E-state index in [1.807, 2.05) is 55.5 Å². The van der Waals surface area contributed by atoms with Crippen molar-refractivity contribution in [3.8, 4) is 5.75 Å². The lowest BCUT2D eigenvalue weighted by Crippen LogP contribution is -2.45. The van der Waals surface area contributed by atoms with Crippen LogP contribution in [-0.4, -0.2) is 25.0 Å². The molecule has 2 amide bonds. The lowest BCUT2D eigenvalue weighted by molar-refractivity contribution is -0.120. The van der Waals surface area contributed by atoms with Crippen molar-refractivity contribution in [2.45, 2.75) is 25.8 Å². The van der Waals surface area contributed by atoms with Crippen LogP contribution in [0.25, 0.3) is 0 Å². The van der Waals surface area contributed by atoms with E-state index in [1.54, 1.807) is 29.2 Å². The Kier molecular flexibility index (Phi) is 6.32. The van der Waals surface area contributed by atoms with Crippen LogP contribution in [0.3, 0.4) is 0 Å². The van der Waals surface area contributed by atoms with E-state index >= 15 is 0 Å². The molecule has 0 aliphatic carbocycles. The summed E-state index contributed by atoms with van der Waals surface area (Å²) in [5, 5.41) is 2.96. The van der Waals surface area contributed by atoms with E-state index in [0.717, 1.165) is 29.7 Å².